The average Bonchev–Trinajstić information content (AvgIpc) is 2.11. The zero-order chi connectivity index (χ0) is 10.4. The molecule has 0 saturated heterocycles. The van der Waals surface area contributed by atoms with Gasteiger partial charge in [-0.15, -0.1) is 0 Å². The molecule has 5 N–H and O–H groups in total. The Kier molecular flexibility index (Phi) is 6.13. The van der Waals surface area contributed by atoms with Gasteiger partial charge >= 0.3 is 0 Å². The first kappa shape index (κ1) is 12.8. The van der Waals surface area contributed by atoms with Gasteiger partial charge in [0.25, 0.3) is 0 Å². The second-order valence-corrected chi connectivity index (χ2v) is 2.73. The lowest BCUT2D eigenvalue weighted by molar-refractivity contribution is -0.207. The molecule has 4 atom stereocenters. The van der Waals surface area contributed by atoms with Crippen molar-refractivity contribution in [1.29, 1.82) is 0 Å². The van der Waals surface area contributed by atoms with Crippen molar-refractivity contribution < 1.29 is 30.3 Å². The molecule has 0 spiro atoms. The van der Waals surface area contributed by atoms with E-state index in [1.54, 1.807) is 0 Å². The molecule has 0 aliphatic carbocycles. The Morgan fingerprint density at radius 1 is 1.08 bits per heavy atom. The molecule has 0 saturated carbocycles. The SMILES string of the molecule is CC(O)C(OC(O)CO)C(O)CO. The molecule has 0 rings (SSSR count). The van der Waals surface area contributed by atoms with E-state index in [2.05, 4.69) is 4.74 Å². The summed E-state index contributed by atoms with van der Waals surface area (Å²) in [5.41, 5.74) is 0. The summed E-state index contributed by atoms with van der Waals surface area (Å²) in [6.07, 6.45) is -4.93. The van der Waals surface area contributed by atoms with Crippen LogP contribution in [-0.2, 0) is 4.74 Å². The molecule has 0 radical (unpaired) electrons. The van der Waals surface area contributed by atoms with Crippen LogP contribution in [0.2, 0.25) is 0 Å². The zero-order valence-corrected chi connectivity index (χ0v) is 7.37. The van der Waals surface area contributed by atoms with E-state index in [9.17, 15) is 0 Å². The van der Waals surface area contributed by atoms with Gasteiger partial charge in [0.1, 0.15) is 12.2 Å². The van der Waals surface area contributed by atoms with Gasteiger partial charge in [-0.3, -0.25) is 0 Å². The van der Waals surface area contributed by atoms with Crippen molar-refractivity contribution in [3.8, 4) is 0 Å². The summed E-state index contributed by atoms with van der Waals surface area (Å²) in [5.74, 6) is 0. The Labute approximate surface area is 76.0 Å². The van der Waals surface area contributed by atoms with E-state index in [1.807, 2.05) is 0 Å². The number of hydrogen-bond acceptors (Lipinski definition) is 6. The summed E-state index contributed by atoms with van der Waals surface area (Å²) in [6.45, 7) is 0.114. The van der Waals surface area contributed by atoms with E-state index in [1.165, 1.54) is 6.92 Å². The van der Waals surface area contributed by atoms with Crippen LogP contribution in [0.4, 0.5) is 0 Å². The Balaban J connectivity index is 4.09. The molecule has 0 amide bonds. The van der Waals surface area contributed by atoms with Crippen LogP contribution >= 0.6 is 0 Å². The van der Waals surface area contributed by atoms with Crippen LogP contribution in [0.3, 0.4) is 0 Å². The molecule has 6 heteroatoms. The fourth-order valence-corrected chi connectivity index (χ4v) is 0.854. The van der Waals surface area contributed by atoms with Crippen LogP contribution in [0.5, 0.6) is 0 Å². The van der Waals surface area contributed by atoms with Gasteiger partial charge in [0.2, 0.25) is 0 Å². The van der Waals surface area contributed by atoms with Gasteiger partial charge in [0, 0.05) is 0 Å². The van der Waals surface area contributed by atoms with Crippen molar-refractivity contribution in [2.24, 2.45) is 0 Å². The van der Waals surface area contributed by atoms with Crippen LogP contribution in [0, 0.1) is 0 Å². The van der Waals surface area contributed by atoms with Crippen LogP contribution in [0.1, 0.15) is 6.92 Å². The zero-order valence-electron chi connectivity index (χ0n) is 7.37. The van der Waals surface area contributed by atoms with Crippen LogP contribution < -0.4 is 0 Å². The summed E-state index contributed by atoms with van der Waals surface area (Å²) in [5, 5.41) is 44.0. The normalized spacial score (nSPS) is 20.8. The molecule has 13 heavy (non-hydrogen) atoms. The molecule has 0 aromatic heterocycles. The van der Waals surface area contributed by atoms with E-state index < -0.39 is 37.8 Å². The highest BCUT2D eigenvalue weighted by Gasteiger charge is 2.26. The van der Waals surface area contributed by atoms with Crippen LogP contribution in [0.25, 0.3) is 0 Å². The van der Waals surface area contributed by atoms with E-state index in [0.29, 0.717) is 0 Å². The summed E-state index contributed by atoms with van der Waals surface area (Å²) < 4.78 is 4.66. The highest BCUT2D eigenvalue weighted by atomic mass is 16.6. The van der Waals surface area contributed by atoms with Gasteiger partial charge in [-0.1, -0.05) is 0 Å². The predicted octanol–water partition coefficient (Wildman–Crippen LogP) is -2.58. The van der Waals surface area contributed by atoms with Gasteiger partial charge in [-0.25, -0.2) is 0 Å². The van der Waals surface area contributed by atoms with Gasteiger partial charge < -0.3 is 30.3 Å². The van der Waals surface area contributed by atoms with E-state index >= 15 is 0 Å². The van der Waals surface area contributed by atoms with E-state index in [4.69, 9.17) is 25.5 Å². The van der Waals surface area contributed by atoms with Gasteiger partial charge in [0.15, 0.2) is 6.29 Å². The maximum Gasteiger partial charge on any atom is 0.178 e. The average molecular weight is 196 g/mol. The summed E-state index contributed by atoms with van der Waals surface area (Å²) >= 11 is 0. The molecule has 0 aliphatic heterocycles. The molecule has 4 unspecified atom stereocenters. The smallest absolute Gasteiger partial charge is 0.178 e. The minimum Gasteiger partial charge on any atom is -0.394 e. The molecule has 6 nitrogen and oxygen atoms in total. The predicted molar refractivity (Wildman–Crippen MR) is 42.7 cm³/mol. The molecule has 0 bridgehead atoms. The first-order chi connectivity index (χ1) is 6.02. The quantitative estimate of drug-likeness (QED) is 0.298. The molecular weight excluding hydrogens is 180 g/mol. The van der Waals surface area contributed by atoms with Crippen molar-refractivity contribution in [2.75, 3.05) is 13.2 Å². The summed E-state index contributed by atoms with van der Waals surface area (Å²) in [7, 11) is 0. The third-order valence-electron chi connectivity index (χ3n) is 1.51. The van der Waals surface area contributed by atoms with Crippen LogP contribution in [-0.4, -0.2) is 63.3 Å². The van der Waals surface area contributed by atoms with Crippen molar-refractivity contribution in [1.82, 2.24) is 0 Å². The monoisotopic (exact) mass is 196 g/mol. The second kappa shape index (κ2) is 6.25. The van der Waals surface area contributed by atoms with Gasteiger partial charge in [-0.2, -0.15) is 0 Å². The van der Waals surface area contributed by atoms with Crippen molar-refractivity contribution in [3.63, 3.8) is 0 Å². The van der Waals surface area contributed by atoms with Crippen molar-refractivity contribution >= 4 is 0 Å². The lowest BCUT2D eigenvalue weighted by Crippen LogP contribution is -2.43. The molecule has 80 valence electrons. The number of aliphatic hydroxyl groups excluding tert-OH is 5. The molecular formula is C7H16O6. The maximum atomic E-state index is 9.10. The largest absolute Gasteiger partial charge is 0.394 e. The third kappa shape index (κ3) is 4.51. The van der Waals surface area contributed by atoms with Crippen LogP contribution in [0.15, 0.2) is 0 Å². The minimum absolute atomic E-state index is 0.590. The Hall–Kier alpha value is -0.240. The molecule has 0 aromatic rings. The van der Waals surface area contributed by atoms with Gasteiger partial charge in [0.05, 0.1) is 19.3 Å². The molecule has 0 aliphatic rings. The number of ether oxygens (including phenoxy) is 1. The third-order valence-corrected chi connectivity index (χ3v) is 1.51. The summed E-state index contributed by atoms with van der Waals surface area (Å²) in [6, 6.07) is 0. The number of hydrogen-bond donors (Lipinski definition) is 5. The molecule has 0 heterocycles. The van der Waals surface area contributed by atoms with Gasteiger partial charge in [-0.05, 0) is 6.92 Å². The standard InChI is InChI=1S/C7H16O6/c1-4(10)7(5(11)2-8)13-6(12)3-9/h4-12H,2-3H2,1H3. The number of aliphatic hydroxyl groups is 5. The number of rotatable bonds is 6. The molecule has 0 fully saturated rings. The Bertz CT molecular complexity index is 128. The van der Waals surface area contributed by atoms with E-state index in [0.717, 1.165) is 0 Å². The highest BCUT2D eigenvalue weighted by Crippen LogP contribution is 2.07. The highest BCUT2D eigenvalue weighted by molar-refractivity contribution is 4.73. The van der Waals surface area contributed by atoms with E-state index in [-0.39, 0.29) is 0 Å². The lowest BCUT2D eigenvalue weighted by atomic mass is 10.1. The Morgan fingerprint density at radius 3 is 1.92 bits per heavy atom. The minimum atomic E-state index is -1.47. The maximum absolute atomic E-state index is 9.10. The lowest BCUT2D eigenvalue weighted by Gasteiger charge is -2.26. The second-order valence-electron chi connectivity index (χ2n) is 2.73. The molecule has 0 aromatic carbocycles. The topological polar surface area (TPSA) is 110 Å². The summed E-state index contributed by atoms with van der Waals surface area (Å²) in [4.78, 5) is 0. The van der Waals surface area contributed by atoms with Crippen molar-refractivity contribution in [2.45, 2.75) is 31.5 Å². The Morgan fingerprint density at radius 2 is 1.62 bits per heavy atom. The first-order valence-electron chi connectivity index (χ1n) is 3.94. The first-order valence-corrected chi connectivity index (χ1v) is 3.94. The fraction of sp³-hybridized carbons (Fsp3) is 1.00. The fourth-order valence-electron chi connectivity index (χ4n) is 0.854. The van der Waals surface area contributed by atoms with Crippen molar-refractivity contribution in [3.05, 3.63) is 0 Å².